The number of rotatable bonds is 3. The van der Waals surface area contributed by atoms with Crippen LogP contribution in [0.4, 0.5) is 5.82 Å². The van der Waals surface area contributed by atoms with Crippen molar-refractivity contribution in [3.05, 3.63) is 53.0 Å². The van der Waals surface area contributed by atoms with Gasteiger partial charge >= 0.3 is 0 Å². The molecular formula is C20H21N7O. The number of fused-ring (bicyclic) bond motifs is 1. The van der Waals surface area contributed by atoms with Crippen molar-refractivity contribution in [2.75, 3.05) is 18.0 Å². The van der Waals surface area contributed by atoms with Crippen LogP contribution in [0, 0.1) is 6.92 Å². The topological polar surface area (TPSA) is 95.0 Å². The number of nitrogens with zero attached hydrogens (tertiary/aromatic N) is 5. The van der Waals surface area contributed by atoms with Crippen molar-refractivity contribution in [2.24, 2.45) is 0 Å². The van der Waals surface area contributed by atoms with Crippen molar-refractivity contribution in [1.82, 2.24) is 29.5 Å². The van der Waals surface area contributed by atoms with Gasteiger partial charge in [0.2, 0.25) is 5.56 Å². The Hall–Kier alpha value is -3.42. The molecule has 1 aliphatic rings. The highest BCUT2D eigenvalue weighted by molar-refractivity contribution is 5.80. The van der Waals surface area contributed by atoms with Crippen LogP contribution in [0.15, 0.2) is 41.7 Å². The fourth-order valence-corrected chi connectivity index (χ4v) is 3.88. The first kappa shape index (κ1) is 16.7. The second kappa shape index (κ2) is 6.63. The molecule has 4 aromatic heterocycles. The van der Waals surface area contributed by atoms with Crippen molar-refractivity contribution in [3.63, 3.8) is 0 Å². The molecule has 0 aromatic carbocycles. The third-order valence-corrected chi connectivity index (χ3v) is 5.27. The summed E-state index contributed by atoms with van der Waals surface area (Å²) in [6.45, 7) is 3.97. The number of aromatic nitrogens is 6. The number of aryl methyl sites for hydroxylation is 1. The SMILES string of the molecule is Cc1nc2c(-c3cnc[nH]3)cc(N3CCCCC3)nn2c1-c1ccc(=O)[nH]c1. The van der Waals surface area contributed by atoms with Gasteiger partial charge in [-0.15, -0.1) is 5.10 Å². The van der Waals surface area contributed by atoms with Crippen LogP contribution in [0.3, 0.4) is 0 Å². The van der Waals surface area contributed by atoms with Gasteiger partial charge in [-0.05, 0) is 38.3 Å². The molecule has 28 heavy (non-hydrogen) atoms. The Labute approximate surface area is 161 Å². The molecule has 0 unspecified atom stereocenters. The fraction of sp³-hybridized carbons (Fsp3) is 0.300. The number of hydrogen-bond acceptors (Lipinski definition) is 5. The van der Waals surface area contributed by atoms with Crippen molar-refractivity contribution in [1.29, 1.82) is 0 Å². The first-order chi connectivity index (χ1) is 13.7. The summed E-state index contributed by atoms with van der Waals surface area (Å²) >= 11 is 0. The van der Waals surface area contributed by atoms with Crippen LogP contribution in [0.5, 0.6) is 0 Å². The number of aromatic amines is 2. The highest BCUT2D eigenvalue weighted by atomic mass is 16.1. The summed E-state index contributed by atoms with van der Waals surface area (Å²) in [5, 5.41) is 4.94. The van der Waals surface area contributed by atoms with Crippen LogP contribution in [-0.4, -0.2) is 42.6 Å². The van der Waals surface area contributed by atoms with Crippen molar-refractivity contribution in [3.8, 4) is 22.5 Å². The lowest BCUT2D eigenvalue weighted by Crippen LogP contribution is -2.30. The van der Waals surface area contributed by atoms with E-state index in [0.717, 1.165) is 52.8 Å². The lowest BCUT2D eigenvalue weighted by Gasteiger charge is -2.28. The van der Waals surface area contributed by atoms with Crippen LogP contribution < -0.4 is 10.5 Å². The summed E-state index contributed by atoms with van der Waals surface area (Å²) in [6, 6.07) is 5.43. The number of nitrogens with one attached hydrogen (secondary N) is 2. The van der Waals surface area contributed by atoms with E-state index < -0.39 is 0 Å². The average Bonchev–Trinajstić information content (AvgIpc) is 3.36. The van der Waals surface area contributed by atoms with Gasteiger partial charge in [-0.1, -0.05) is 0 Å². The Morgan fingerprint density at radius 2 is 1.96 bits per heavy atom. The molecular weight excluding hydrogens is 354 g/mol. The zero-order chi connectivity index (χ0) is 19.1. The quantitative estimate of drug-likeness (QED) is 0.574. The van der Waals surface area contributed by atoms with Crippen LogP contribution >= 0.6 is 0 Å². The number of piperidine rings is 1. The minimum Gasteiger partial charge on any atom is -0.355 e. The first-order valence-corrected chi connectivity index (χ1v) is 9.54. The second-order valence-electron chi connectivity index (χ2n) is 7.15. The number of H-pyrrole nitrogens is 2. The van der Waals surface area contributed by atoms with E-state index in [4.69, 9.17) is 10.1 Å². The Bertz CT molecular complexity index is 1160. The van der Waals surface area contributed by atoms with Crippen molar-refractivity contribution < 1.29 is 0 Å². The molecule has 2 N–H and O–H groups in total. The minimum atomic E-state index is -0.129. The summed E-state index contributed by atoms with van der Waals surface area (Å²) in [6.07, 6.45) is 8.80. The zero-order valence-corrected chi connectivity index (χ0v) is 15.6. The van der Waals surface area contributed by atoms with Crippen LogP contribution in [0.1, 0.15) is 25.0 Å². The first-order valence-electron chi connectivity index (χ1n) is 9.54. The van der Waals surface area contributed by atoms with Gasteiger partial charge in [0, 0.05) is 36.5 Å². The Morgan fingerprint density at radius 1 is 1.11 bits per heavy atom. The van der Waals surface area contributed by atoms with E-state index in [1.165, 1.54) is 25.3 Å². The Kier molecular flexibility index (Phi) is 3.96. The lowest BCUT2D eigenvalue weighted by molar-refractivity contribution is 0.570. The zero-order valence-electron chi connectivity index (χ0n) is 15.6. The molecule has 0 aliphatic carbocycles. The van der Waals surface area contributed by atoms with Crippen molar-refractivity contribution in [2.45, 2.75) is 26.2 Å². The van der Waals surface area contributed by atoms with Crippen LogP contribution in [0.2, 0.25) is 0 Å². The normalized spacial score (nSPS) is 14.7. The average molecular weight is 375 g/mol. The van der Waals surface area contributed by atoms with E-state index in [-0.39, 0.29) is 5.56 Å². The molecule has 0 saturated carbocycles. The molecule has 1 aliphatic heterocycles. The molecule has 4 aromatic rings. The summed E-state index contributed by atoms with van der Waals surface area (Å²) in [7, 11) is 0. The smallest absolute Gasteiger partial charge is 0.247 e. The molecule has 1 saturated heterocycles. The Balaban J connectivity index is 1.77. The number of hydrogen-bond donors (Lipinski definition) is 2. The summed E-state index contributed by atoms with van der Waals surface area (Å²) in [4.78, 5) is 28.7. The molecule has 0 radical (unpaired) electrons. The highest BCUT2D eigenvalue weighted by Gasteiger charge is 2.21. The molecule has 8 heteroatoms. The van der Waals surface area contributed by atoms with Gasteiger partial charge in [-0.2, -0.15) is 0 Å². The van der Waals surface area contributed by atoms with Crippen molar-refractivity contribution >= 4 is 11.5 Å². The maximum absolute atomic E-state index is 11.5. The molecule has 0 bridgehead atoms. The van der Waals surface area contributed by atoms with E-state index in [2.05, 4.69) is 25.9 Å². The standard InChI is InChI=1S/C20H21N7O/c1-13-19(14-5-6-18(28)22-10-14)27-20(24-13)15(16-11-21-12-23-16)9-17(25-27)26-7-3-2-4-8-26/h5-6,9-12H,2-4,7-8H2,1H3,(H,21,23)(H,22,28). The summed E-state index contributed by atoms with van der Waals surface area (Å²) in [5.74, 6) is 0.930. The van der Waals surface area contributed by atoms with E-state index in [0.29, 0.717) is 0 Å². The molecule has 5 heterocycles. The van der Waals surface area contributed by atoms with Gasteiger partial charge in [0.25, 0.3) is 0 Å². The molecule has 142 valence electrons. The number of anilines is 1. The summed E-state index contributed by atoms with van der Waals surface area (Å²) < 4.78 is 1.89. The molecule has 0 spiro atoms. The molecule has 1 fully saturated rings. The maximum Gasteiger partial charge on any atom is 0.247 e. The summed E-state index contributed by atoms with van der Waals surface area (Å²) in [5.41, 5.74) is 5.13. The predicted molar refractivity (Wildman–Crippen MR) is 107 cm³/mol. The van der Waals surface area contributed by atoms with Crippen LogP contribution in [0.25, 0.3) is 28.2 Å². The lowest BCUT2D eigenvalue weighted by atomic mass is 10.1. The van der Waals surface area contributed by atoms with E-state index >= 15 is 0 Å². The number of pyridine rings is 1. The largest absolute Gasteiger partial charge is 0.355 e. The fourth-order valence-electron chi connectivity index (χ4n) is 3.88. The minimum absolute atomic E-state index is 0.129. The van der Waals surface area contributed by atoms with Gasteiger partial charge in [-0.3, -0.25) is 4.79 Å². The molecule has 8 nitrogen and oxygen atoms in total. The van der Waals surface area contributed by atoms with Gasteiger partial charge in [0.15, 0.2) is 5.65 Å². The maximum atomic E-state index is 11.5. The van der Waals surface area contributed by atoms with E-state index in [1.54, 1.807) is 24.8 Å². The third-order valence-electron chi connectivity index (χ3n) is 5.27. The van der Waals surface area contributed by atoms with E-state index in [1.807, 2.05) is 11.4 Å². The van der Waals surface area contributed by atoms with Gasteiger partial charge in [-0.25, -0.2) is 14.5 Å². The molecule has 0 amide bonds. The Morgan fingerprint density at radius 3 is 2.68 bits per heavy atom. The third kappa shape index (κ3) is 2.77. The second-order valence-corrected chi connectivity index (χ2v) is 7.15. The predicted octanol–water partition coefficient (Wildman–Crippen LogP) is 2.77. The van der Waals surface area contributed by atoms with Gasteiger partial charge in [0.1, 0.15) is 5.82 Å². The molecule has 0 atom stereocenters. The van der Waals surface area contributed by atoms with E-state index in [9.17, 15) is 4.79 Å². The highest BCUT2D eigenvalue weighted by Crippen LogP contribution is 2.31. The van der Waals surface area contributed by atoms with Crippen LogP contribution in [-0.2, 0) is 0 Å². The molecule has 5 rings (SSSR count). The van der Waals surface area contributed by atoms with Gasteiger partial charge < -0.3 is 14.9 Å². The van der Waals surface area contributed by atoms with Gasteiger partial charge in [0.05, 0.1) is 29.6 Å². The number of imidazole rings is 2. The monoisotopic (exact) mass is 375 g/mol.